The van der Waals surface area contributed by atoms with Crippen LogP contribution >= 0.6 is 0 Å². The van der Waals surface area contributed by atoms with Gasteiger partial charge in [-0.2, -0.15) is 0 Å². The number of nitrogens with two attached hydrogens (primary N) is 1. The Bertz CT molecular complexity index is 413. The molecule has 5 heteroatoms. The van der Waals surface area contributed by atoms with E-state index in [-0.39, 0.29) is 0 Å². The van der Waals surface area contributed by atoms with Crippen molar-refractivity contribution in [2.75, 3.05) is 0 Å². The van der Waals surface area contributed by atoms with Crippen molar-refractivity contribution >= 4 is 6.09 Å². The monoisotopic (exact) mass is 224 g/mol. The van der Waals surface area contributed by atoms with Crippen molar-refractivity contribution in [2.45, 2.75) is 37.8 Å². The number of carboxylic acid groups (broad SMARTS) is 1. The number of nitrogens with one attached hydrogen (secondary N) is 1. The summed E-state index contributed by atoms with van der Waals surface area (Å²) in [7, 11) is 0. The molecule has 4 N–H and O–H groups in total. The molecule has 1 aliphatic carbocycles. The van der Waals surface area contributed by atoms with Crippen LogP contribution in [0.15, 0.2) is 16.5 Å². The highest BCUT2D eigenvalue weighted by atomic mass is 16.4. The molecular weight excluding hydrogens is 208 g/mol. The fourth-order valence-corrected chi connectivity index (χ4v) is 1.70. The van der Waals surface area contributed by atoms with E-state index in [1.807, 2.05) is 13.8 Å². The molecule has 1 aliphatic rings. The molecule has 0 atom stereocenters. The van der Waals surface area contributed by atoms with Crippen molar-refractivity contribution in [3.05, 3.63) is 23.7 Å². The van der Waals surface area contributed by atoms with Crippen molar-refractivity contribution in [3.63, 3.8) is 0 Å². The zero-order valence-electron chi connectivity index (χ0n) is 9.41. The standard InChI is InChI=1S/C11H16N2O3/c1-10(2,12)7-3-4-8(16-7)11(5-6-11)13-9(14)15/h3-4,13H,5-6,12H2,1-2H3,(H,14,15). The summed E-state index contributed by atoms with van der Waals surface area (Å²) in [5.41, 5.74) is 4.84. The van der Waals surface area contributed by atoms with E-state index in [1.165, 1.54) is 0 Å². The fraction of sp³-hybridized carbons (Fsp3) is 0.545. The third-order valence-electron chi connectivity index (χ3n) is 2.81. The smallest absolute Gasteiger partial charge is 0.405 e. The lowest BCUT2D eigenvalue weighted by Gasteiger charge is -2.16. The van der Waals surface area contributed by atoms with Crippen LogP contribution in [-0.4, -0.2) is 11.2 Å². The molecule has 0 bridgehead atoms. The Morgan fingerprint density at radius 3 is 2.56 bits per heavy atom. The molecule has 88 valence electrons. The first-order valence-corrected chi connectivity index (χ1v) is 5.24. The van der Waals surface area contributed by atoms with Gasteiger partial charge in [0.25, 0.3) is 0 Å². The van der Waals surface area contributed by atoms with Crippen molar-refractivity contribution in [1.29, 1.82) is 0 Å². The molecule has 16 heavy (non-hydrogen) atoms. The lowest BCUT2D eigenvalue weighted by molar-refractivity contribution is 0.185. The van der Waals surface area contributed by atoms with Crippen LogP contribution in [-0.2, 0) is 11.1 Å². The number of hydrogen-bond acceptors (Lipinski definition) is 3. The first-order valence-electron chi connectivity index (χ1n) is 5.24. The quantitative estimate of drug-likeness (QED) is 0.729. The van der Waals surface area contributed by atoms with Crippen molar-refractivity contribution in [3.8, 4) is 0 Å². The molecule has 0 saturated heterocycles. The minimum atomic E-state index is -1.03. The fourth-order valence-electron chi connectivity index (χ4n) is 1.70. The molecule has 1 heterocycles. The van der Waals surface area contributed by atoms with Crippen molar-refractivity contribution in [1.82, 2.24) is 5.32 Å². The van der Waals surface area contributed by atoms with Crippen LogP contribution in [0, 0.1) is 0 Å². The molecule has 0 aliphatic heterocycles. The molecule has 0 radical (unpaired) electrons. The largest absolute Gasteiger partial charge is 0.465 e. The van der Waals surface area contributed by atoms with E-state index in [4.69, 9.17) is 15.3 Å². The molecule has 1 aromatic rings. The summed E-state index contributed by atoms with van der Waals surface area (Å²) in [6.07, 6.45) is 0.525. The van der Waals surface area contributed by atoms with Gasteiger partial charge < -0.3 is 20.6 Å². The maximum Gasteiger partial charge on any atom is 0.405 e. The Morgan fingerprint density at radius 1 is 1.56 bits per heavy atom. The highest BCUT2D eigenvalue weighted by Crippen LogP contribution is 2.46. The Morgan fingerprint density at radius 2 is 2.19 bits per heavy atom. The van der Waals surface area contributed by atoms with Crippen molar-refractivity contribution < 1.29 is 14.3 Å². The van der Waals surface area contributed by atoms with E-state index in [0.717, 1.165) is 12.8 Å². The molecule has 1 fully saturated rings. The Kier molecular flexibility index (Phi) is 2.24. The van der Waals surface area contributed by atoms with E-state index in [2.05, 4.69) is 5.32 Å². The molecule has 1 aromatic heterocycles. The molecule has 0 spiro atoms. The van der Waals surface area contributed by atoms with Gasteiger partial charge in [0.05, 0.1) is 5.54 Å². The normalized spacial score (nSPS) is 18.2. The van der Waals surface area contributed by atoms with E-state index >= 15 is 0 Å². The second-order valence-corrected chi connectivity index (χ2v) is 4.90. The predicted octanol–water partition coefficient (Wildman–Crippen LogP) is 1.73. The molecule has 0 unspecified atom stereocenters. The summed E-state index contributed by atoms with van der Waals surface area (Å²) in [6.45, 7) is 3.69. The first kappa shape index (κ1) is 11.0. The summed E-state index contributed by atoms with van der Waals surface area (Å²) >= 11 is 0. The molecule has 2 rings (SSSR count). The Hall–Kier alpha value is -1.49. The first-order chi connectivity index (χ1) is 7.33. The highest BCUT2D eigenvalue weighted by Gasteiger charge is 2.49. The van der Waals surface area contributed by atoms with E-state index < -0.39 is 17.2 Å². The Labute approximate surface area is 93.6 Å². The minimum Gasteiger partial charge on any atom is -0.465 e. The van der Waals surface area contributed by atoms with Gasteiger partial charge in [-0.15, -0.1) is 0 Å². The third-order valence-corrected chi connectivity index (χ3v) is 2.81. The average molecular weight is 224 g/mol. The minimum absolute atomic E-state index is 0.519. The van der Waals surface area contributed by atoms with Crippen LogP contribution in [0.25, 0.3) is 0 Å². The summed E-state index contributed by atoms with van der Waals surface area (Å²) in [6, 6.07) is 3.60. The Balaban J connectivity index is 2.22. The van der Waals surface area contributed by atoms with Gasteiger partial charge in [-0.3, -0.25) is 0 Å². The number of carbonyl (C=O) groups is 1. The van der Waals surface area contributed by atoms with Crippen LogP contribution in [0.5, 0.6) is 0 Å². The second-order valence-electron chi connectivity index (χ2n) is 4.90. The van der Waals surface area contributed by atoms with Crippen LogP contribution in [0.1, 0.15) is 38.2 Å². The van der Waals surface area contributed by atoms with Gasteiger partial charge in [-0.05, 0) is 38.8 Å². The number of rotatable bonds is 3. The molecule has 0 aromatic carbocycles. The van der Waals surface area contributed by atoms with Crippen LogP contribution in [0.3, 0.4) is 0 Å². The molecular formula is C11H16N2O3. The average Bonchev–Trinajstić information content (AvgIpc) is 2.73. The number of furan rings is 1. The number of hydrogen-bond donors (Lipinski definition) is 3. The van der Waals surface area contributed by atoms with Gasteiger partial charge in [0.2, 0.25) is 0 Å². The lowest BCUT2D eigenvalue weighted by Crippen LogP contribution is -2.33. The van der Waals surface area contributed by atoms with Gasteiger partial charge >= 0.3 is 6.09 Å². The summed E-state index contributed by atoms with van der Waals surface area (Å²) < 4.78 is 5.63. The lowest BCUT2D eigenvalue weighted by atomic mass is 10.0. The van der Waals surface area contributed by atoms with Gasteiger partial charge in [0.1, 0.15) is 17.1 Å². The highest BCUT2D eigenvalue weighted by molar-refractivity contribution is 5.66. The van der Waals surface area contributed by atoms with Gasteiger partial charge in [-0.1, -0.05) is 0 Å². The van der Waals surface area contributed by atoms with Gasteiger partial charge in [0.15, 0.2) is 0 Å². The molecule has 1 saturated carbocycles. The van der Waals surface area contributed by atoms with E-state index in [1.54, 1.807) is 12.1 Å². The maximum atomic E-state index is 10.7. The SMILES string of the molecule is CC(C)(N)c1ccc(C2(NC(=O)O)CC2)o1. The summed E-state index contributed by atoms with van der Waals surface area (Å²) in [5.74, 6) is 1.32. The van der Waals surface area contributed by atoms with Crippen LogP contribution in [0.4, 0.5) is 4.79 Å². The predicted molar refractivity (Wildman–Crippen MR) is 58.0 cm³/mol. The number of amides is 1. The van der Waals surface area contributed by atoms with Crippen LogP contribution in [0.2, 0.25) is 0 Å². The maximum absolute atomic E-state index is 10.7. The second kappa shape index (κ2) is 3.25. The van der Waals surface area contributed by atoms with Crippen LogP contribution < -0.4 is 11.1 Å². The van der Waals surface area contributed by atoms with Gasteiger partial charge in [-0.25, -0.2) is 4.79 Å². The summed E-state index contributed by atoms with van der Waals surface area (Å²) in [5, 5.41) is 11.2. The van der Waals surface area contributed by atoms with E-state index in [0.29, 0.717) is 11.5 Å². The zero-order chi connectivity index (χ0) is 12.0. The zero-order valence-corrected chi connectivity index (χ0v) is 9.41. The topological polar surface area (TPSA) is 88.5 Å². The molecule has 1 amide bonds. The van der Waals surface area contributed by atoms with E-state index in [9.17, 15) is 4.79 Å². The van der Waals surface area contributed by atoms with Crippen molar-refractivity contribution in [2.24, 2.45) is 5.73 Å². The summed E-state index contributed by atoms with van der Waals surface area (Å²) in [4.78, 5) is 10.7. The molecule has 5 nitrogen and oxygen atoms in total. The third kappa shape index (κ3) is 1.90. The van der Waals surface area contributed by atoms with Gasteiger partial charge in [0, 0.05) is 0 Å².